The number of aliphatic hydroxyl groups excluding tert-OH is 1. The average Bonchev–Trinajstić information content (AvgIpc) is 2.85. The highest BCUT2D eigenvalue weighted by molar-refractivity contribution is 14.1. The van der Waals surface area contributed by atoms with Gasteiger partial charge in [-0.25, -0.2) is 4.79 Å². The zero-order chi connectivity index (χ0) is 15.4. The lowest BCUT2D eigenvalue weighted by atomic mass is 10.1. The number of aliphatic hydroxyl groups is 1. The molecule has 1 saturated heterocycles. The molecular weight excluding hydrogens is 393 g/mol. The number of H-pyrrole nitrogens is 1. The summed E-state index contributed by atoms with van der Waals surface area (Å²) in [5.74, 6) is 2.57. The van der Waals surface area contributed by atoms with Crippen molar-refractivity contribution in [2.45, 2.75) is 24.8 Å². The van der Waals surface area contributed by atoms with Gasteiger partial charge < -0.3 is 9.84 Å². The fourth-order valence-electron chi connectivity index (χ4n) is 2.08. The maximum Gasteiger partial charge on any atom is 0.330 e. The summed E-state index contributed by atoms with van der Waals surface area (Å²) in [6.45, 7) is -0.335. The van der Waals surface area contributed by atoms with E-state index in [1.807, 2.05) is 0 Å². The summed E-state index contributed by atoms with van der Waals surface area (Å²) in [6, 6.07) is -0.581. The Labute approximate surface area is 131 Å². The Hall–Kier alpha value is -1.80. The van der Waals surface area contributed by atoms with Crippen LogP contribution in [0.2, 0.25) is 0 Å². The van der Waals surface area contributed by atoms with Crippen molar-refractivity contribution in [2.75, 3.05) is 6.61 Å². The van der Waals surface area contributed by atoms with E-state index in [2.05, 4.69) is 24.9 Å². The van der Waals surface area contributed by atoms with E-state index in [9.17, 15) is 14.7 Å². The Morgan fingerprint density at radius 1 is 1.67 bits per heavy atom. The molecule has 1 aromatic rings. The summed E-state index contributed by atoms with van der Waals surface area (Å²) in [5, 5.41) is 12.7. The molecule has 0 aromatic carbocycles. The molecule has 1 fully saturated rings. The van der Waals surface area contributed by atoms with E-state index in [4.69, 9.17) is 10.3 Å². The molecule has 0 saturated carbocycles. The average molecular weight is 403 g/mol. The molecule has 0 amide bonds. The molecule has 0 bridgehead atoms. The lowest BCUT2D eigenvalue weighted by Gasteiger charge is -2.14. The number of azide groups is 1. The molecule has 21 heavy (non-hydrogen) atoms. The highest BCUT2D eigenvalue weighted by Gasteiger charge is 2.35. The Morgan fingerprint density at radius 2 is 2.43 bits per heavy atom. The van der Waals surface area contributed by atoms with E-state index in [-0.39, 0.29) is 18.6 Å². The van der Waals surface area contributed by atoms with Crippen molar-refractivity contribution in [3.8, 4) is 9.85 Å². The minimum Gasteiger partial charge on any atom is -0.394 e. The minimum absolute atomic E-state index is 0.125. The highest BCUT2D eigenvalue weighted by atomic mass is 127. The molecule has 1 aromatic heterocycles. The number of rotatable bonds is 3. The third-order valence-electron chi connectivity index (χ3n) is 3.04. The van der Waals surface area contributed by atoms with Gasteiger partial charge in [-0.15, -0.1) is 0 Å². The second kappa shape index (κ2) is 6.77. The first-order chi connectivity index (χ1) is 10.1. The molecule has 0 aliphatic carbocycles. The molecule has 3 atom stereocenters. The van der Waals surface area contributed by atoms with E-state index in [1.54, 1.807) is 22.6 Å². The normalized spacial score (nSPS) is 24.0. The first kappa shape index (κ1) is 15.6. The van der Waals surface area contributed by atoms with Crippen LogP contribution in [0, 0.1) is 9.85 Å². The van der Waals surface area contributed by atoms with Crippen LogP contribution >= 0.6 is 22.6 Å². The molecule has 3 unspecified atom stereocenters. The van der Waals surface area contributed by atoms with Crippen molar-refractivity contribution >= 4 is 22.6 Å². The van der Waals surface area contributed by atoms with E-state index < -0.39 is 29.6 Å². The van der Waals surface area contributed by atoms with Gasteiger partial charge in [-0.05, 0) is 15.4 Å². The maximum atomic E-state index is 11.9. The fourth-order valence-corrected chi connectivity index (χ4v) is 2.37. The highest BCUT2D eigenvalue weighted by Crippen LogP contribution is 2.29. The molecular formula is C11H10IN5O4. The predicted octanol–water partition coefficient (Wildman–Crippen LogP) is 0.239. The van der Waals surface area contributed by atoms with E-state index in [1.165, 1.54) is 10.8 Å². The molecule has 2 rings (SSSR count). The summed E-state index contributed by atoms with van der Waals surface area (Å²) < 4.78 is 9.21. The summed E-state index contributed by atoms with van der Waals surface area (Å²) in [7, 11) is 0. The number of hydrogen-bond acceptors (Lipinski definition) is 5. The number of nitrogens with one attached hydrogen (secondary N) is 1. The Bertz CT molecular complexity index is 754. The van der Waals surface area contributed by atoms with Gasteiger partial charge in [0.1, 0.15) is 11.8 Å². The van der Waals surface area contributed by atoms with Crippen LogP contribution in [0.3, 0.4) is 0 Å². The SMILES string of the molecule is [N-]=[N+]=NC1CC(n2cc(C#CI)c(=O)[nH]c2=O)OC1CO. The summed E-state index contributed by atoms with van der Waals surface area (Å²) in [4.78, 5) is 28.3. The van der Waals surface area contributed by atoms with Crippen LogP contribution in [-0.4, -0.2) is 33.4 Å². The molecule has 10 heteroatoms. The van der Waals surface area contributed by atoms with Crippen molar-refractivity contribution in [1.82, 2.24) is 9.55 Å². The fraction of sp³-hybridized carbons (Fsp3) is 0.455. The molecule has 110 valence electrons. The maximum absolute atomic E-state index is 11.9. The molecule has 9 nitrogen and oxygen atoms in total. The minimum atomic E-state index is -0.739. The van der Waals surface area contributed by atoms with Gasteiger partial charge in [-0.3, -0.25) is 14.3 Å². The molecule has 1 aliphatic rings. The first-order valence-electron chi connectivity index (χ1n) is 5.88. The number of hydrogen-bond donors (Lipinski definition) is 2. The zero-order valence-electron chi connectivity index (χ0n) is 10.6. The lowest BCUT2D eigenvalue weighted by Crippen LogP contribution is -2.33. The summed E-state index contributed by atoms with van der Waals surface area (Å²) >= 11 is 1.78. The third-order valence-corrected chi connectivity index (χ3v) is 3.31. The zero-order valence-corrected chi connectivity index (χ0v) is 12.7. The van der Waals surface area contributed by atoms with Crippen molar-refractivity contribution in [1.29, 1.82) is 0 Å². The first-order valence-corrected chi connectivity index (χ1v) is 6.96. The van der Waals surface area contributed by atoms with Gasteiger partial charge in [0.15, 0.2) is 0 Å². The van der Waals surface area contributed by atoms with Crippen LogP contribution < -0.4 is 11.2 Å². The number of nitrogens with zero attached hydrogens (tertiary/aromatic N) is 4. The van der Waals surface area contributed by atoms with Gasteiger partial charge in [0, 0.05) is 40.1 Å². The van der Waals surface area contributed by atoms with Gasteiger partial charge in [0.25, 0.3) is 5.56 Å². The molecule has 2 N–H and O–H groups in total. The lowest BCUT2D eigenvalue weighted by molar-refractivity contribution is -0.0271. The third kappa shape index (κ3) is 3.27. The summed E-state index contributed by atoms with van der Waals surface area (Å²) in [6.07, 6.45) is 0.0866. The second-order valence-corrected chi connectivity index (χ2v) is 4.79. The molecule has 0 spiro atoms. The van der Waals surface area contributed by atoms with Gasteiger partial charge in [0.2, 0.25) is 0 Å². The summed E-state index contributed by atoms with van der Waals surface area (Å²) in [5.41, 5.74) is 7.38. The second-order valence-electron chi connectivity index (χ2n) is 4.25. The number of ether oxygens (including phenoxy) is 1. The van der Waals surface area contributed by atoms with Crippen molar-refractivity contribution < 1.29 is 9.84 Å². The van der Waals surface area contributed by atoms with Crippen molar-refractivity contribution in [3.05, 3.63) is 43.0 Å². The number of halogens is 1. The largest absolute Gasteiger partial charge is 0.394 e. The van der Waals surface area contributed by atoms with E-state index >= 15 is 0 Å². The smallest absolute Gasteiger partial charge is 0.330 e. The topological polar surface area (TPSA) is 133 Å². The van der Waals surface area contributed by atoms with Crippen LogP contribution in [0.15, 0.2) is 20.9 Å². The number of aromatic amines is 1. The van der Waals surface area contributed by atoms with Gasteiger partial charge >= 0.3 is 5.69 Å². The molecule has 0 radical (unpaired) electrons. The van der Waals surface area contributed by atoms with E-state index in [0.29, 0.717) is 0 Å². The van der Waals surface area contributed by atoms with Crippen LogP contribution in [0.1, 0.15) is 18.2 Å². The van der Waals surface area contributed by atoms with Gasteiger partial charge in [-0.2, -0.15) is 0 Å². The van der Waals surface area contributed by atoms with Crippen molar-refractivity contribution in [3.63, 3.8) is 0 Å². The number of aromatic nitrogens is 2. The Morgan fingerprint density at radius 3 is 3.05 bits per heavy atom. The van der Waals surface area contributed by atoms with Crippen LogP contribution in [0.25, 0.3) is 10.4 Å². The van der Waals surface area contributed by atoms with Crippen LogP contribution in [0.4, 0.5) is 0 Å². The van der Waals surface area contributed by atoms with E-state index in [0.717, 1.165) is 0 Å². The Kier molecular flexibility index (Phi) is 5.03. The predicted molar refractivity (Wildman–Crippen MR) is 80.8 cm³/mol. The van der Waals surface area contributed by atoms with Crippen molar-refractivity contribution in [2.24, 2.45) is 5.11 Å². The van der Waals surface area contributed by atoms with Crippen LogP contribution in [-0.2, 0) is 4.74 Å². The van der Waals surface area contributed by atoms with Gasteiger partial charge in [-0.1, -0.05) is 5.11 Å². The van der Waals surface area contributed by atoms with Gasteiger partial charge in [0.05, 0.1) is 18.8 Å². The van der Waals surface area contributed by atoms with Crippen LogP contribution in [0.5, 0.6) is 0 Å². The standard InChI is InChI=1S/C11H10IN5O4/c12-2-1-6-4-17(11(20)14-10(6)19)9-3-7(15-16-13)8(5-18)21-9/h4,7-9,18H,3,5H2,(H,14,19,20). The monoisotopic (exact) mass is 403 g/mol. The molecule has 2 heterocycles. The molecule has 1 aliphatic heterocycles. The quantitative estimate of drug-likeness (QED) is 0.246. The Balaban J connectivity index is 2.40.